The fourth-order valence-electron chi connectivity index (χ4n) is 1.80. The lowest BCUT2D eigenvalue weighted by Crippen LogP contribution is -2.20. The molecule has 7 heteroatoms. The zero-order valence-electron chi connectivity index (χ0n) is 11.4. The first-order valence-electron chi connectivity index (χ1n) is 6.02. The minimum absolute atomic E-state index is 0.0973. The molecule has 0 saturated heterocycles. The molecule has 0 fully saturated rings. The lowest BCUT2D eigenvalue weighted by Gasteiger charge is -2.09. The number of pyridine rings is 1. The van der Waals surface area contributed by atoms with Crippen LogP contribution in [0, 0.1) is 17.8 Å². The van der Waals surface area contributed by atoms with Crippen LogP contribution in [0.1, 0.15) is 16.1 Å². The lowest BCUT2D eigenvalue weighted by molar-refractivity contribution is -0.115. The van der Waals surface area contributed by atoms with E-state index in [-0.39, 0.29) is 17.9 Å². The topological polar surface area (TPSA) is 66.9 Å². The first-order chi connectivity index (χ1) is 9.36. The van der Waals surface area contributed by atoms with Crippen LogP contribution in [-0.4, -0.2) is 15.5 Å². The Balaban J connectivity index is 2.16. The zero-order valence-corrected chi connectivity index (χ0v) is 13.1. The number of aromatic amines is 1. The first-order valence-corrected chi connectivity index (χ1v) is 7.25. The predicted molar refractivity (Wildman–Crippen MR) is 83.0 cm³/mol. The maximum atomic E-state index is 12.1. The predicted octanol–water partition coefficient (Wildman–Crippen LogP) is 2.30. The Morgan fingerprint density at radius 1 is 1.50 bits per heavy atom. The van der Waals surface area contributed by atoms with Crippen LogP contribution in [0.4, 0.5) is 5.69 Å². The molecule has 0 atom stereocenters. The maximum absolute atomic E-state index is 12.1. The van der Waals surface area contributed by atoms with E-state index >= 15 is 0 Å². The van der Waals surface area contributed by atoms with Crippen molar-refractivity contribution in [2.75, 3.05) is 5.32 Å². The van der Waals surface area contributed by atoms with Crippen molar-refractivity contribution < 1.29 is 4.79 Å². The summed E-state index contributed by atoms with van der Waals surface area (Å²) in [6.45, 7) is 3.69. The van der Waals surface area contributed by atoms with Crippen molar-refractivity contribution >= 4 is 35.1 Å². The van der Waals surface area contributed by atoms with E-state index < -0.39 is 0 Å². The summed E-state index contributed by atoms with van der Waals surface area (Å²) in [6, 6.07) is 1.50. The smallest absolute Gasteiger partial charge is 0.250 e. The molecule has 2 aromatic rings. The van der Waals surface area contributed by atoms with Gasteiger partial charge in [-0.3, -0.25) is 9.59 Å². The molecule has 0 aliphatic rings. The summed E-state index contributed by atoms with van der Waals surface area (Å²) in [7, 11) is 1.65. The molecule has 5 nitrogen and oxygen atoms in total. The van der Waals surface area contributed by atoms with Crippen LogP contribution >= 0.6 is 23.6 Å². The van der Waals surface area contributed by atoms with Crippen molar-refractivity contribution in [3.63, 3.8) is 0 Å². The molecular formula is C13H15N3O2S2. The van der Waals surface area contributed by atoms with E-state index in [2.05, 4.69) is 10.3 Å². The molecule has 2 N–H and O–H groups in total. The molecule has 0 radical (unpaired) electrons. The standard InChI is InChI=1S/C13H15N3O2S2/c1-7-4-12(18)16(3)6-9(7)15-11(17)5-10-8(2)14-13(19)20-10/h4,6H,5H2,1-3H3,(H,14,19)(H,15,17). The molecule has 0 aliphatic carbocycles. The average Bonchev–Trinajstić information content (AvgIpc) is 2.64. The number of carbonyl (C=O) groups excluding carboxylic acids is 1. The molecule has 2 rings (SSSR count). The number of aromatic nitrogens is 2. The lowest BCUT2D eigenvalue weighted by atomic mass is 10.2. The number of carbonyl (C=O) groups is 1. The van der Waals surface area contributed by atoms with Gasteiger partial charge < -0.3 is 14.9 Å². The Bertz CT molecular complexity index is 771. The van der Waals surface area contributed by atoms with Gasteiger partial charge in [0.15, 0.2) is 3.95 Å². The van der Waals surface area contributed by atoms with Crippen molar-refractivity contribution in [2.45, 2.75) is 20.3 Å². The SMILES string of the molecule is Cc1cc(=O)n(C)cc1NC(=O)Cc1sc(=S)[nH]c1C. The Morgan fingerprint density at radius 2 is 2.20 bits per heavy atom. The van der Waals surface area contributed by atoms with Gasteiger partial charge in [0.25, 0.3) is 5.56 Å². The van der Waals surface area contributed by atoms with Crippen molar-refractivity contribution in [1.82, 2.24) is 9.55 Å². The molecule has 2 aromatic heterocycles. The normalized spacial score (nSPS) is 10.6. The second-order valence-electron chi connectivity index (χ2n) is 4.61. The molecule has 0 bridgehead atoms. The molecule has 0 saturated carbocycles. The maximum Gasteiger partial charge on any atom is 0.250 e. The number of aryl methyl sites for hydroxylation is 3. The molecular weight excluding hydrogens is 294 g/mol. The number of thiazole rings is 1. The highest BCUT2D eigenvalue weighted by molar-refractivity contribution is 7.73. The van der Waals surface area contributed by atoms with Gasteiger partial charge in [-0.2, -0.15) is 0 Å². The van der Waals surface area contributed by atoms with Crippen LogP contribution in [0.3, 0.4) is 0 Å². The highest BCUT2D eigenvalue weighted by Crippen LogP contribution is 2.17. The summed E-state index contributed by atoms with van der Waals surface area (Å²) in [5.74, 6) is -0.125. The van der Waals surface area contributed by atoms with E-state index in [0.717, 1.165) is 16.1 Å². The summed E-state index contributed by atoms with van der Waals surface area (Å²) >= 11 is 6.45. The van der Waals surface area contributed by atoms with E-state index in [1.807, 2.05) is 6.92 Å². The first kappa shape index (κ1) is 14.7. The molecule has 0 unspecified atom stereocenters. The number of hydrogen-bond donors (Lipinski definition) is 2. The van der Waals surface area contributed by atoms with Gasteiger partial charge in [0, 0.05) is 29.9 Å². The van der Waals surface area contributed by atoms with E-state index in [4.69, 9.17) is 12.2 Å². The van der Waals surface area contributed by atoms with Gasteiger partial charge in [0.2, 0.25) is 5.91 Å². The highest BCUT2D eigenvalue weighted by atomic mass is 32.1. The van der Waals surface area contributed by atoms with Crippen molar-refractivity contribution in [3.05, 3.63) is 42.7 Å². The van der Waals surface area contributed by atoms with Crippen molar-refractivity contribution in [3.8, 4) is 0 Å². The third kappa shape index (κ3) is 3.23. The van der Waals surface area contributed by atoms with Gasteiger partial charge in [0.1, 0.15) is 0 Å². The van der Waals surface area contributed by atoms with Crippen LogP contribution in [0.25, 0.3) is 0 Å². The summed E-state index contributed by atoms with van der Waals surface area (Å²) in [5.41, 5.74) is 2.22. The highest BCUT2D eigenvalue weighted by Gasteiger charge is 2.10. The minimum Gasteiger partial charge on any atom is -0.341 e. The number of amides is 1. The Kier molecular flexibility index (Phi) is 4.20. The molecule has 2 heterocycles. The summed E-state index contributed by atoms with van der Waals surface area (Å²) in [6.07, 6.45) is 1.90. The van der Waals surface area contributed by atoms with Crippen molar-refractivity contribution in [1.29, 1.82) is 0 Å². The van der Waals surface area contributed by atoms with Gasteiger partial charge in [-0.05, 0) is 31.6 Å². The van der Waals surface area contributed by atoms with E-state index in [1.165, 1.54) is 22.0 Å². The second-order valence-corrected chi connectivity index (χ2v) is 6.38. The van der Waals surface area contributed by atoms with Crippen LogP contribution in [-0.2, 0) is 18.3 Å². The molecule has 0 spiro atoms. The van der Waals surface area contributed by atoms with Crippen LogP contribution in [0.2, 0.25) is 0 Å². The number of hydrogen-bond acceptors (Lipinski definition) is 4. The molecule has 106 valence electrons. The summed E-state index contributed by atoms with van der Waals surface area (Å²) < 4.78 is 2.11. The van der Waals surface area contributed by atoms with Gasteiger partial charge in [0.05, 0.1) is 12.1 Å². The van der Waals surface area contributed by atoms with E-state index in [1.54, 1.807) is 20.2 Å². The second kappa shape index (κ2) is 5.72. The Labute approximate surface area is 125 Å². The monoisotopic (exact) mass is 309 g/mol. The Morgan fingerprint density at radius 3 is 2.80 bits per heavy atom. The van der Waals surface area contributed by atoms with Crippen molar-refractivity contribution in [2.24, 2.45) is 7.05 Å². The van der Waals surface area contributed by atoms with Crippen LogP contribution in [0.5, 0.6) is 0 Å². The number of rotatable bonds is 3. The van der Waals surface area contributed by atoms with E-state index in [9.17, 15) is 9.59 Å². The summed E-state index contributed by atoms with van der Waals surface area (Å²) in [4.78, 5) is 27.4. The number of H-pyrrole nitrogens is 1. The molecule has 0 aromatic carbocycles. The Hall–Kier alpha value is -1.73. The van der Waals surface area contributed by atoms with Crippen LogP contribution < -0.4 is 10.9 Å². The third-order valence-electron chi connectivity index (χ3n) is 2.95. The number of nitrogens with zero attached hydrogens (tertiary/aromatic N) is 1. The number of nitrogens with one attached hydrogen (secondary N) is 2. The summed E-state index contributed by atoms with van der Waals surface area (Å²) in [5, 5.41) is 2.82. The van der Waals surface area contributed by atoms with Gasteiger partial charge in [-0.25, -0.2) is 0 Å². The van der Waals surface area contributed by atoms with Gasteiger partial charge in [-0.15, -0.1) is 11.3 Å². The fraction of sp³-hybridized carbons (Fsp3) is 0.308. The average molecular weight is 309 g/mol. The molecule has 20 heavy (non-hydrogen) atoms. The largest absolute Gasteiger partial charge is 0.341 e. The number of anilines is 1. The van der Waals surface area contributed by atoms with Gasteiger partial charge >= 0.3 is 0 Å². The third-order valence-corrected chi connectivity index (χ3v) is 4.29. The quantitative estimate of drug-likeness (QED) is 0.855. The zero-order chi connectivity index (χ0) is 14.9. The molecule has 1 amide bonds. The minimum atomic E-state index is -0.125. The fourth-order valence-corrected chi connectivity index (χ4v) is 3.09. The van der Waals surface area contributed by atoms with Gasteiger partial charge in [-0.1, -0.05) is 0 Å². The molecule has 0 aliphatic heterocycles. The van der Waals surface area contributed by atoms with E-state index in [0.29, 0.717) is 9.64 Å². The van der Waals surface area contributed by atoms with Crippen LogP contribution in [0.15, 0.2) is 17.1 Å².